The Labute approximate surface area is 169 Å². The number of rotatable bonds is 6. The number of hydrogen-bond acceptors (Lipinski definition) is 3. The van der Waals surface area contributed by atoms with Gasteiger partial charge in [-0.1, -0.05) is 45.2 Å². The molecule has 1 aliphatic carbocycles. The zero-order chi connectivity index (χ0) is 19.3. The number of nitrogens with one attached hydrogen (secondary N) is 1. The highest BCUT2D eigenvalue weighted by Crippen LogP contribution is 2.38. The maximum atomic E-state index is 6.10. The first-order chi connectivity index (χ1) is 13.7. The van der Waals surface area contributed by atoms with Gasteiger partial charge in [-0.15, -0.1) is 0 Å². The average molecular weight is 382 g/mol. The molecule has 1 atom stereocenters. The number of hydrogen-bond donors (Lipinski definition) is 1. The molecule has 3 heteroatoms. The van der Waals surface area contributed by atoms with Gasteiger partial charge >= 0.3 is 0 Å². The number of benzene rings is 1. The van der Waals surface area contributed by atoms with Crippen LogP contribution in [0, 0.1) is 0 Å². The molecule has 1 saturated heterocycles. The summed E-state index contributed by atoms with van der Waals surface area (Å²) in [7, 11) is 0. The van der Waals surface area contributed by atoms with Crippen molar-refractivity contribution >= 4 is 5.69 Å². The molecule has 1 aliphatic heterocycles. The van der Waals surface area contributed by atoms with Crippen LogP contribution in [0.1, 0.15) is 106 Å². The van der Waals surface area contributed by atoms with E-state index in [1.807, 2.05) is 0 Å². The van der Waals surface area contributed by atoms with Crippen LogP contribution in [0.4, 0.5) is 5.69 Å². The summed E-state index contributed by atoms with van der Waals surface area (Å²) < 4.78 is 12.0. The molecule has 3 nitrogen and oxygen atoms in total. The van der Waals surface area contributed by atoms with Crippen LogP contribution in [0.3, 0.4) is 0 Å². The summed E-state index contributed by atoms with van der Waals surface area (Å²) in [6, 6.07) is 11.2. The molecule has 2 aliphatic rings. The Balaban J connectivity index is 1.47. The fourth-order valence-electron chi connectivity index (χ4n) is 4.66. The van der Waals surface area contributed by atoms with Gasteiger partial charge in [0.05, 0.1) is 6.54 Å². The van der Waals surface area contributed by atoms with E-state index < -0.39 is 0 Å². The molecular weight excluding hydrogens is 346 g/mol. The minimum Gasteiger partial charge on any atom is -0.461 e. The Morgan fingerprint density at radius 3 is 2.54 bits per heavy atom. The molecule has 0 amide bonds. The third kappa shape index (κ3) is 4.63. The van der Waals surface area contributed by atoms with Crippen LogP contribution in [-0.2, 0) is 11.3 Å². The Morgan fingerprint density at radius 2 is 1.79 bits per heavy atom. The number of furan rings is 1. The Morgan fingerprint density at radius 1 is 0.964 bits per heavy atom. The molecule has 2 heterocycles. The topological polar surface area (TPSA) is 34.4 Å². The standard InChI is InChI=1S/C25H35NO2/c1-18(2)20-11-13-23(22(16-20)19-8-4-3-5-9-19)26-17-21-12-14-25(28-21)24-10-6-7-15-27-24/h11-14,16,18-19,24,26H,3-10,15,17H2,1-2H3. The van der Waals surface area contributed by atoms with Crippen LogP contribution in [0.2, 0.25) is 0 Å². The minimum atomic E-state index is 0.144. The van der Waals surface area contributed by atoms with Crippen LogP contribution in [0.15, 0.2) is 34.7 Å². The van der Waals surface area contributed by atoms with Gasteiger partial charge in [0.2, 0.25) is 0 Å². The second kappa shape index (κ2) is 9.17. The summed E-state index contributed by atoms with van der Waals surface area (Å²) in [4.78, 5) is 0. The highest BCUT2D eigenvalue weighted by atomic mass is 16.5. The quantitative estimate of drug-likeness (QED) is 0.570. The van der Waals surface area contributed by atoms with Crippen molar-refractivity contribution in [2.24, 2.45) is 0 Å². The van der Waals surface area contributed by atoms with E-state index in [1.165, 1.54) is 61.8 Å². The largest absolute Gasteiger partial charge is 0.461 e. The van der Waals surface area contributed by atoms with E-state index in [9.17, 15) is 0 Å². The van der Waals surface area contributed by atoms with Gasteiger partial charge in [-0.05, 0) is 73.3 Å². The van der Waals surface area contributed by atoms with Crippen molar-refractivity contribution in [3.8, 4) is 0 Å². The van der Waals surface area contributed by atoms with Crippen LogP contribution in [0.25, 0.3) is 0 Å². The molecular formula is C25H35NO2. The highest BCUT2D eigenvalue weighted by Gasteiger charge is 2.21. The molecule has 4 rings (SSSR count). The molecule has 0 spiro atoms. The molecule has 0 radical (unpaired) electrons. The summed E-state index contributed by atoms with van der Waals surface area (Å²) in [5.74, 6) is 3.24. The molecule has 1 N–H and O–H groups in total. The van der Waals surface area contributed by atoms with E-state index in [1.54, 1.807) is 0 Å². The molecule has 1 saturated carbocycles. The third-order valence-corrected chi connectivity index (χ3v) is 6.42. The van der Waals surface area contributed by atoms with Crippen molar-refractivity contribution in [3.05, 3.63) is 53.0 Å². The Hall–Kier alpha value is -1.74. The second-order valence-electron chi connectivity index (χ2n) is 8.85. The molecule has 2 aromatic rings. The van der Waals surface area contributed by atoms with Crippen LogP contribution in [-0.4, -0.2) is 6.61 Å². The van der Waals surface area contributed by atoms with Gasteiger partial charge in [0.1, 0.15) is 17.6 Å². The Kier molecular flexibility index (Phi) is 6.41. The van der Waals surface area contributed by atoms with Crippen molar-refractivity contribution in [1.29, 1.82) is 0 Å². The lowest BCUT2D eigenvalue weighted by molar-refractivity contribution is 0.00133. The van der Waals surface area contributed by atoms with E-state index in [-0.39, 0.29) is 6.10 Å². The maximum Gasteiger partial charge on any atom is 0.133 e. The zero-order valence-electron chi connectivity index (χ0n) is 17.5. The van der Waals surface area contributed by atoms with E-state index in [2.05, 4.69) is 49.5 Å². The van der Waals surface area contributed by atoms with Crippen LogP contribution >= 0.6 is 0 Å². The molecule has 1 aromatic carbocycles. The first kappa shape index (κ1) is 19.6. The van der Waals surface area contributed by atoms with Crippen molar-refractivity contribution in [2.75, 3.05) is 11.9 Å². The van der Waals surface area contributed by atoms with E-state index in [4.69, 9.17) is 9.15 Å². The van der Waals surface area contributed by atoms with Gasteiger partial charge in [0.25, 0.3) is 0 Å². The predicted octanol–water partition coefficient (Wildman–Crippen LogP) is 7.30. The van der Waals surface area contributed by atoms with Gasteiger partial charge in [-0.2, -0.15) is 0 Å². The minimum absolute atomic E-state index is 0.144. The van der Waals surface area contributed by atoms with Crippen LogP contribution in [0.5, 0.6) is 0 Å². The fourth-order valence-corrected chi connectivity index (χ4v) is 4.66. The number of ether oxygens (including phenoxy) is 1. The molecule has 2 fully saturated rings. The molecule has 152 valence electrons. The summed E-state index contributed by atoms with van der Waals surface area (Å²) in [5, 5.41) is 3.67. The Bertz CT molecular complexity index is 752. The monoisotopic (exact) mass is 381 g/mol. The predicted molar refractivity (Wildman–Crippen MR) is 115 cm³/mol. The second-order valence-corrected chi connectivity index (χ2v) is 8.85. The van der Waals surface area contributed by atoms with E-state index in [0.717, 1.165) is 31.1 Å². The van der Waals surface area contributed by atoms with Gasteiger partial charge in [0.15, 0.2) is 0 Å². The van der Waals surface area contributed by atoms with Gasteiger partial charge in [0, 0.05) is 12.3 Å². The van der Waals surface area contributed by atoms with Crippen LogP contribution < -0.4 is 5.32 Å². The summed E-state index contributed by atoms with van der Waals surface area (Å²) in [6.07, 6.45) is 10.4. The lowest BCUT2D eigenvalue weighted by Gasteiger charge is -2.26. The first-order valence-corrected chi connectivity index (χ1v) is 11.3. The molecule has 0 bridgehead atoms. The summed E-state index contributed by atoms with van der Waals surface area (Å²) >= 11 is 0. The van der Waals surface area contributed by atoms with E-state index >= 15 is 0 Å². The van der Waals surface area contributed by atoms with Crippen molar-refractivity contribution in [1.82, 2.24) is 0 Å². The zero-order valence-corrected chi connectivity index (χ0v) is 17.5. The lowest BCUT2D eigenvalue weighted by Crippen LogP contribution is -2.11. The van der Waals surface area contributed by atoms with Crippen molar-refractivity contribution in [2.45, 2.75) is 89.7 Å². The first-order valence-electron chi connectivity index (χ1n) is 11.3. The SMILES string of the molecule is CC(C)c1ccc(NCc2ccc(C3CCCCO3)o2)c(C2CCCCC2)c1. The fraction of sp³-hybridized carbons (Fsp3) is 0.600. The van der Waals surface area contributed by atoms with Crippen molar-refractivity contribution < 1.29 is 9.15 Å². The highest BCUT2D eigenvalue weighted by molar-refractivity contribution is 5.55. The van der Waals surface area contributed by atoms with Gasteiger partial charge in [-0.25, -0.2) is 0 Å². The summed E-state index contributed by atoms with van der Waals surface area (Å²) in [5.41, 5.74) is 4.23. The lowest BCUT2D eigenvalue weighted by atomic mass is 9.82. The maximum absolute atomic E-state index is 6.10. The normalized spacial score (nSPS) is 21.2. The smallest absolute Gasteiger partial charge is 0.133 e. The molecule has 1 unspecified atom stereocenters. The third-order valence-electron chi connectivity index (χ3n) is 6.42. The van der Waals surface area contributed by atoms with Crippen molar-refractivity contribution in [3.63, 3.8) is 0 Å². The average Bonchev–Trinajstić information content (AvgIpc) is 3.22. The van der Waals surface area contributed by atoms with Gasteiger partial charge in [-0.3, -0.25) is 0 Å². The number of anilines is 1. The van der Waals surface area contributed by atoms with Gasteiger partial charge < -0.3 is 14.5 Å². The summed E-state index contributed by atoms with van der Waals surface area (Å²) in [6.45, 7) is 6.15. The van der Waals surface area contributed by atoms with E-state index in [0.29, 0.717) is 11.8 Å². The molecule has 1 aromatic heterocycles. The molecule has 28 heavy (non-hydrogen) atoms.